The second-order valence-electron chi connectivity index (χ2n) is 4.52. The van der Waals surface area contributed by atoms with Crippen LogP contribution in [0.15, 0.2) is 18.2 Å². The molecule has 1 aliphatic heterocycles. The predicted octanol–water partition coefficient (Wildman–Crippen LogP) is 1.30. The van der Waals surface area contributed by atoms with Gasteiger partial charge in [-0.2, -0.15) is 0 Å². The van der Waals surface area contributed by atoms with Crippen molar-refractivity contribution in [3.8, 4) is 5.75 Å². The lowest BCUT2D eigenvalue weighted by molar-refractivity contribution is 0.0471. The van der Waals surface area contributed by atoms with Gasteiger partial charge in [-0.3, -0.25) is 4.79 Å². The number of rotatable bonds is 1. The van der Waals surface area contributed by atoms with Crippen LogP contribution < -0.4 is 0 Å². The fourth-order valence-electron chi connectivity index (χ4n) is 2.14. The first-order chi connectivity index (χ1) is 8.09. The van der Waals surface area contributed by atoms with Gasteiger partial charge in [0, 0.05) is 13.1 Å². The van der Waals surface area contributed by atoms with E-state index in [0.29, 0.717) is 24.2 Å². The summed E-state index contributed by atoms with van der Waals surface area (Å²) in [6.07, 6.45) is 1.10. The Labute approximate surface area is 100 Å². The maximum absolute atomic E-state index is 12.2. The third kappa shape index (κ3) is 2.42. The van der Waals surface area contributed by atoms with Crippen molar-refractivity contribution in [1.82, 2.24) is 4.90 Å². The number of nitrogens with zero attached hydrogens (tertiary/aromatic N) is 1. The molecule has 1 aliphatic rings. The summed E-state index contributed by atoms with van der Waals surface area (Å²) in [5.41, 5.74) is 1.01. The number of carbonyl (C=O) groups is 1. The van der Waals surface area contributed by atoms with Crippen LogP contribution in [0.5, 0.6) is 5.75 Å². The summed E-state index contributed by atoms with van der Waals surface area (Å²) in [4.78, 5) is 13.8. The van der Waals surface area contributed by atoms with Crippen LogP contribution in [-0.4, -0.2) is 40.2 Å². The van der Waals surface area contributed by atoms with E-state index in [0.717, 1.165) is 12.8 Å². The molecule has 17 heavy (non-hydrogen) atoms. The molecule has 1 aromatic carbocycles. The Hall–Kier alpha value is -1.55. The number of piperidine rings is 1. The molecule has 1 saturated heterocycles. The van der Waals surface area contributed by atoms with Gasteiger partial charge in [-0.1, -0.05) is 12.1 Å². The van der Waals surface area contributed by atoms with Gasteiger partial charge in [0.2, 0.25) is 0 Å². The van der Waals surface area contributed by atoms with Crippen LogP contribution in [0.4, 0.5) is 0 Å². The number of β-amino-alcohol motifs (C(OH)–C–C–N with tert-alkyl or cyclic N) is 1. The molecule has 0 bridgehead atoms. The highest BCUT2D eigenvalue weighted by Crippen LogP contribution is 2.24. The van der Waals surface area contributed by atoms with E-state index in [1.54, 1.807) is 30.0 Å². The molecule has 92 valence electrons. The van der Waals surface area contributed by atoms with Crippen molar-refractivity contribution in [1.29, 1.82) is 0 Å². The number of para-hydroxylation sites is 1. The third-order valence-electron chi connectivity index (χ3n) is 3.15. The molecule has 2 N–H and O–H groups in total. The van der Waals surface area contributed by atoms with Gasteiger partial charge in [-0.15, -0.1) is 0 Å². The summed E-state index contributed by atoms with van der Waals surface area (Å²) in [6, 6.07) is 5.13. The molecule has 0 aliphatic carbocycles. The lowest BCUT2D eigenvalue weighted by Crippen LogP contribution is -2.42. The Morgan fingerprint density at radius 2 is 2.24 bits per heavy atom. The molecule has 1 atom stereocenters. The van der Waals surface area contributed by atoms with Crippen LogP contribution in [0.2, 0.25) is 0 Å². The topological polar surface area (TPSA) is 60.8 Å². The van der Waals surface area contributed by atoms with Crippen molar-refractivity contribution in [3.05, 3.63) is 29.3 Å². The number of aliphatic hydroxyl groups is 1. The number of hydrogen-bond donors (Lipinski definition) is 2. The molecule has 0 radical (unpaired) electrons. The summed E-state index contributed by atoms with van der Waals surface area (Å²) in [5, 5.41) is 19.4. The zero-order valence-corrected chi connectivity index (χ0v) is 9.89. The molecule has 1 aromatic rings. The van der Waals surface area contributed by atoms with Crippen LogP contribution in [0.25, 0.3) is 0 Å². The summed E-state index contributed by atoms with van der Waals surface area (Å²) in [5.74, 6) is -0.164. The molecule has 1 heterocycles. The Kier molecular flexibility index (Phi) is 3.33. The second kappa shape index (κ2) is 4.75. The van der Waals surface area contributed by atoms with E-state index in [2.05, 4.69) is 0 Å². The fourth-order valence-corrected chi connectivity index (χ4v) is 2.14. The third-order valence-corrected chi connectivity index (χ3v) is 3.15. The molecule has 0 aromatic heterocycles. The van der Waals surface area contributed by atoms with Gasteiger partial charge in [0.15, 0.2) is 0 Å². The minimum Gasteiger partial charge on any atom is -0.507 e. The summed E-state index contributed by atoms with van der Waals surface area (Å²) < 4.78 is 0. The average molecular weight is 235 g/mol. The number of carbonyl (C=O) groups excluding carboxylic acids is 1. The number of likely N-dealkylation sites (tertiary alicyclic amines) is 1. The molecule has 0 saturated carbocycles. The Balaban J connectivity index is 2.22. The fraction of sp³-hybridized carbons (Fsp3) is 0.462. The molecule has 1 amide bonds. The molecule has 2 rings (SSSR count). The van der Waals surface area contributed by atoms with E-state index >= 15 is 0 Å². The van der Waals surface area contributed by atoms with Crippen molar-refractivity contribution in [3.63, 3.8) is 0 Å². The van der Waals surface area contributed by atoms with E-state index in [9.17, 15) is 15.0 Å². The smallest absolute Gasteiger partial charge is 0.257 e. The summed E-state index contributed by atoms with van der Waals surface area (Å²) in [6.45, 7) is 2.76. The lowest BCUT2D eigenvalue weighted by Gasteiger charge is -2.30. The summed E-state index contributed by atoms with van der Waals surface area (Å²) in [7, 11) is 0. The number of aryl methyl sites for hydroxylation is 1. The SMILES string of the molecule is Cc1cccc(C(=O)N2CCC[C@H](O)C2)c1O. The monoisotopic (exact) mass is 235 g/mol. The zero-order valence-electron chi connectivity index (χ0n) is 9.89. The first-order valence-corrected chi connectivity index (χ1v) is 5.85. The van der Waals surface area contributed by atoms with Gasteiger partial charge in [0.05, 0.1) is 11.7 Å². The normalized spacial score (nSPS) is 20.4. The largest absolute Gasteiger partial charge is 0.507 e. The standard InChI is InChI=1S/C13H17NO3/c1-9-4-2-6-11(12(9)16)13(17)14-7-3-5-10(15)8-14/h2,4,6,10,15-16H,3,5,7-8H2,1H3/t10-/m0/s1. The van der Waals surface area contributed by atoms with E-state index in [-0.39, 0.29) is 11.7 Å². The maximum atomic E-state index is 12.2. The highest BCUT2D eigenvalue weighted by atomic mass is 16.3. The molecule has 0 unspecified atom stereocenters. The van der Waals surface area contributed by atoms with Crippen LogP contribution in [0, 0.1) is 6.92 Å². The molecular weight excluding hydrogens is 218 g/mol. The highest BCUT2D eigenvalue weighted by molar-refractivity contribution is 5.97. The highest BCUT2D eigenvalue weighted by Gasteiger charge is 2.24. The molecule has 0 spiro atoms. The predicted molar refractivity (Wildman–Crippen MR) is 64.0 cm³/mol. The Bertz CT molecular complexity index is 431. The van der Waals surface area contributed by atoms with E-state index in [1.807, 2.05) is 0 Å². The number of phenolic OH excluding ortho intramolecular Hbond substituents is 1. The van der Waals surface area contributed by atoms with Crippen molar-refractivity contribution in [2.45, 2.75) is 25.9 Å². The minimum atomic E-state index is -0.445. The van der Waals surface area contributed by atoms with Crippen molar-refractivity contribution >= 4 is 5.91 Å². The molecule has 4 heteroatoms. The second-order valence-corrected chi connectivity index (χ2v) is 4.52. The Morgan fingerprint density at radius 1 is 1.47 bits per heavy atom. The number of phenols is 1. The van der Waals surface area contributed by atoms with Crippen molar-refractivity contribution in [2.24, 2.45) is 0 Å². The number of hydrogen-bond acceptors (Lipinski definition) is 3. The summed E-state index contributed by atoms with van der Waals surface area (Å²) >= 11 is 0. The maximum Gasteiger partial charge on any atom is 0.257 e. The van der Waals surface area contributed by atoms with Gasteiger partial charge < -0.3 is 15.1 Å². The first kappa shape index (κ1) is 11.9. The van der Waals surface area contributed by atoms with E-state index < -0.39 is 6.10 Å². The van der Waals surface area contributed by atoms with Gasteiger partial charge in [-0.25, -0.2) is 0 Å². The number of benzene rings is 1. The van der Waals surface area contributed by atoms with Gasteiger partial charge in [-0.05, 0) is 31.4 Å². The van der Waals surface area contributed by atoms with E-state index in [4.69, 9.17) is 0 Å². The lowest BCUT2D eigenvalue weighted by atomic mass is 10.0. The number of aromatic hydroxyl groups is 1. The molecule has 4 nitrogen and oxygen atoms in total. The molecular formula is C13H17NO3. The van der Waals surface area contributed by atoms with E-state index in [1.165, 1.54) is 0 Å². The van der Waals surface area contributed by atoms with Crippen LogP contribution in [-0.2, 0) is 0 Å². The van der Waals surface area contributed by atoms with Gasteiger partial charge >= 0.3 is 0 Å². The quantitative estimate of drug-likeness (QED) is 0.771. The number of aliphatic hydroxyl groups excluding tert-OH is 1. The average Bonchev–Trinajstić information content (AvgIpc) is 2.32. The van der Waals surface area contributed by atoms with Crippen LogP contribution in [0.1, 0.15) is 28.8 Å². The van der Waals surface area contributed by atoms with Gasteiger partial charge in [0.25, 0.3) is 5.91 Å². The zero-order chi connectivity index (χ0) is 12.4. The Morgan fingerprint density at radius 3 is 2.94 bits per heavy atom. The first-order valence-electron chi connectivity index (χ1n) is 5.85. The van der Waals surface area contributed by atoms with Crippen molar-refractivity contribution < 1.29 is 15.0 Å². The van der Waals surface area contributed by atoms with Gasteiger partial charge in [0.1, 0.15) is 5.75 Å². The van der Waals surface area contributed by atoms with Crippen LogP contribution >= 0.6 is 0 Å². The van der Waals surface area contributed by atoms with Crippen molar-refractivity contribution in [2.75, 3.05) is 13.1 Å². The minimum absolute atomic E-state index is 0.0394. The molecule has 1 fully saturated rings. The van der Waals surface area contributed by atoms with Crippen LogP contribution in [0.3, 0.4) is 0 Å². The number of amides is 1.